The van der Waals surface area contributed by atoms with Crippen LogP contribution < -0.4 is 5.73 Å². The highest BCUT2D eigenvalue weighted by atomic mass is 16.4. The molecule has 5 heteroatoms. The molecule has 2 unspecified atom stereocenters. The minimum Gasteiger partial charge on any atom is -0.481 e. The first kappa shape index (κ1) is 11.1. The standard InChI is InChI=1S/C11H17N3O2/c12-5-4-8-6-13-14(7-8)10-3-1-2-9(10)11(15)16/h6-7,9-10H,1-5,12H2,(H,15,16). The number of nitrogens with zero attached hydrogens (tertiary/aromatic N) is 2. The quantitative estimate of drug-likeness (QED) is 0.791. The molecule has 0 aromatic carbocycles. The van der Waals surface area contributed by atoms with Crippen molar-refractivity contribution in [2.24, 2.45) is 11.7 Å². The summed E-state index contributed by atoms with van der Waals surface area (Å²) < 4.78 is 1.80. The molecule has 0 saturated heterocycles. The van der Waals surface area contributed by atoms with Gasteiger partial charge in [0.25, 0.3) is 0 Å². The van der Waals surface area contributed by atoms with Gasteiger partial charge in [-0.05, 0) is 31.4 Å². The molecule has 0 bridgehead atoms. The van der Waals surface area contributed by atoms with Crippen LogP contribution in [-0.2, 0) is 11.2 Å². The second-order valence-electron chi connectivity index (χ2n) is 4.31. The largest absolute Gasteiger partial charge is 0.481 e. The highest BCUT2D eigenvalue weighted by Gasteiger charge is 2.34. The molecule has 0 amide bonds. The van der Waals surface area contributed by atoms with E-state index in [2.05, 4.69) is 5.10 Å². The first-order chi connectivity index (χ1) is 7.72. The molecule has 1 fully saturated rings. The van der Waals surface area contributed by atoms with Gasteiger partial charge in [-0.2, -0.15) is 5.10 Å². The van der Waals surface area contributed by atoms with E-state index in [9.17, 15) is 4.79 Å². The van der Waals surface area contributed by atoms with Gasteiger partial charge >= 0.3 is 5.97 Å². The minimum absolute atomic E-state index is 0.0176. The van der Waals surface area contributed by atoms with Crippen molar-refractivity contribution in [3.05, 3.63) is 18.0 Å². The van der Waals surface area contributed by atoms with Crippen LogP contribution in [-0.4, -0.2) is 27.4 Å². The van der Waals surface area contributed by atoms with Crippen LogP contribution in [0.3, 0.4) is 0 Å². The van der Waals surface area contributed by atoms with Crippen molar-refractivity contribution in [1.29, 1.82) is 0 Å². The predicted octanol–water partition coefficient (Wildman–Crippen LogP) is 0.810. The third-order valence-corrected chi connectivity index (χ3v) is 3.22. The van der Waals surface area contributed by atoms with E-state index in [1.165, 1.54) is 0 Å². The molecule has 0 spiro atoms. The molecule has 2 rings (SSSR count). The van der Waals surface area contributed by atoms with Crippen molar-refractivity contribution in [2.75, 3.05) is 6.54 Å². The molecular formula is C11H17N3O2. The molecule has 1 aliphatic carbocycles. The Balaban J connectivity index is 2.13. The highest BCUT2D eigenvalue weighted by molar-refractivity contribution is 5.71. The molecule has 3 N–H and O–H groups in total. The topological polar surface area (TPSA) is 81.1 Å². The summed E-state index contributed by atoms with van der Waals surface area (Å²) in [6.07, 6.45) is 7.13. The molecular weight excluding hydrogens is 206 g/mol. The summed E-state index contributed by atoms with van der Waals surface area (Å²) in [5.74, 6) is -0.996. The third-order valence-electron chi connectivity index (χ3n) is 3.22. The number of carboxylic acids is 1. The van der Waals surface area contributed by atoms with Gasteiger partial charge in [-0.25, -0.2) is 0 Å². The van der Waals surface area contributed by atoms with Crippen molar-refractivity contribution in [3.8, 4) is 0 Å². The summed E-state index contributed by atoms with van der Waals surface area (Å²) in [5.41, 5.74) is 6.55. The maximum absolute atomic E-state index is 11.1. The monoisotopic (exact) mass is 223 g/mol. The molecule has 1 aromatic heterocycles. The van der Waals surface area contributed by atoms with Crippen LogP contribution in [0, 0.1) is 5.92 Å². The van der Waals surface area contributed by atoms with E-state index in [0.29, 0.717) is 6.54 Å². The van der Waals surface area contributed by atoms with Crippen molar-refractivity contribution in [3.63, 3.8) is 0 Å². The van der Waals surface area contributed by atoms with Crippen LogP contribution in [0.25, 0.3) is 0 Å². The lowest BCUT2D eigenvalue weighted by Gasteiger charge is -2.15. The van der Waals surface area contributed by atoms with E-state index in [0.717, 1.165) is 31.2 Å². The Morgan fingerprint density at radius 1 is 1.62 bits per heavy atom. The van der Waals surface area contributed by atoms with Gasteiger partial charge in [-0.1, -0.05) is 6.42 Å². The first-order valence-electron chi connectivity index (χ1n) is 5.68. The van der Waals surface area contributed by atoms with E-state index in [1.807, 2.05) is 6.20 Å². The van der Waals surface area contributed by atoms with Gasteiger partial charge in [-0.15, -0.1) is 0 Å². The minimum atomic E-state index is -0.710. The Kier molecular flexibility index (Phi) is 3.24. The zero-order chi connectivity index (χ0) is 11.5. The summed E-state index contributed by atoms with van der Waals surface area (Å²) >= 11 is 0. The molecule has 1 aliphatic rings. The number of hydrogen-bond donors (Lipinski definition) is 2. The summed E-state index contributed by atoms with van der Waals surface area (Å²) in [6, 6.07) is 0.0176. The number of carboxylic acid groups (broad SMARTS) is 1. The lowest BCUT2D eigenvalue weighted by Crippen LogP contribution is -2.21. The second-order valence-corrected chi connectivity index (χ2v) is 4.31. The van der Waals surface area contributed by atoms with Gasteiger partial charge in [0.05, 0.1) is 18.2 Å². The molecule has 1 heterocycles. The lowest BCUT2D eigenvalue weighted by molar-refractivity contribution is -0.142. The SMILES string of the molecule is NCCc1cnn(C2CCCC2C(=O)O)c1. The summed E-state index contributed by atoms with van der Waals surface area (Å²) in [6.45, 7) is 0.596. The van der Waals surface area contributed by atoms with Gasteiger partial charge in [0, 0.05) is 6.20 Å². The van der Waals surface area contributed by atoms with Crippen molar-refractivity contribution >= 4 is 5.97 Å². The molecule has 2 atom stereocenters. The number of aliphatic carboxylic acids is 1. The van der Waals surface area contributed by atoms with Crippen LogP contribution in [0.5, 0.6) is 0 Å². The van der Waals surface area contributed by atoms with E-state index in [4.69, 9.17) is 10.8 Å². The van der Waals surface area contributed by atoms with Crippen LogP contribution in [0.4, 0.5) is 0 Å². The molecule has 5 nitrogen and oxygen atoms in total. The number of carbonyl (C=O) groups is 1. The van der Waals surface area contributed by atoms with Gasteiger partial charge in [0.15, 0.2) is 0 Å². The second kappa shape index (κ2) is 4.65. The number of nitrogens with two attached hydrogens (primary N) is 1. The lowest BCUT2D eigenvalue weighted by atomic mass is 10.0. The van der Waals surface area contributed by atoms with Gasteiger partial charge in [0.2, 0.25) is 0 Å². The molecule has 0 radical (unpaired) electrons. The Hall–Kier alpha value is -1.36. The maximum Gasteiger partial charge on any atom is 0.308 e. The van der Waals surface area contributed by atoms with Gasteiger partial charge in [-0.3, -0.25) is 9.48 Å². The summed E-state index contributed by atoms with van der Waals surface area (Å²) in [7, 11) is 0. The van der Waals surface area contributed by atoms with Crippen molar-refractivity contribution < 1.29 is 9.90 Å². The zero-order valence-corrected chi connectivity index (χ0v) is 9.17. The normalized spacial score (nSPS) is 24.8. The van der Waals surface area contributed by atoms with Crippen LogP contribution in [0.15, 0.2) is 12.4 Å². The van der Waals surface area contributed by atoms with E-state index in [1.54, 1.807) is 10.9 Å². The summed E-state index contributed by atoms with van der Waals surface area (Å²) in [4.78, 5) is 11.1. The number of hydrogen-bond acceptors (Lipinski definition) is 3. The van der Waals surface area contributed by atoms with Crippen LogP contribution in [0.1, 0.15) is 30.9 Å². The van der Waals surface area contributed by atoms with Crippen LogP contribution in [0.2, 0.25) is 0 Å². The Bertz CT molecular complexity index is 375. The molecule has 1 saturated carbocycles. The molecule has 1 aromatic rings. The predicted molar refractivity (Wildman–Crippen MR) is 59.0 cm³/mol. The molecule has 88 valence electrons. The van der Waals surface area contributed by atoms with E-state index >= 15 is 0 Å². The van der Waals surface area contributed by atoms with E-state index < -0.39 is 5.97 Å². The Morgan fingerprint density at radius 3 is 3.12 bits per heavy atom. The van der Waals surface area contributed by atoms with E-state index in [-0.39, 0.29) is 12.0 Å². The molecule has 16 heavy (non-hydrogen) atoms. The highest BCUT2D eigenvalue weighted by Crippen LogP contribution is 2.35. The zero-order valence-electron chi connectivity index (χ0n) is 9.17. The number of rotatable bonds is 4. The summed E-state index contributed by atoms with van der Waals surface area (Å²) in [5, 5.41) is 13.3. The Labute approximate surface area is 94.2 Å². The smallest absolute Gasteiger partial charge is 0.308 e. The average Bonchev–Trinajstić information content (AvgIpc) is 2.83. The van der Waals surface area contributed by atoms with Crippen LogP contribution >= 0.6 is 0 Å². The van der Waals surface area contributed by atoms with Crippen molar-refractivity contribution in [1.82, 2.24) is 9.78 Å². The number of aromatic nitrogens is 2. The fraction of sp³-hybridized carbons (Fsp3) is 0.636. The van der Waals surface area contributed by atoms with Crippen molar-refractivity contribution in [2.45, 2.75) is 31.7 Å². The van der Waals surface area contributed by atoms with Gasteiger partial charge in [0.1, 0.15) is 0 Å². The average molecular weight is 223 g/mol. The van der Waals surface area contributed by atoms with Gasteiger partial charge < -0.3 is 10.8 Å². The maximum atomic E-state index is 11.1. The third kappa shape index (κ3) is 2.09. The molecule has 0 aliphatic heterocycles. The fourth-order valence-electron chi connectivity index (χ4n) is 2.40. The fourth-order valence-corrected chi connectivity index (χ4v) is 2.40. The Morgan fingerprint density at radius 2 is 2.44 bits per heavy atom. The first-order valence-corrected chi connectivity index (χ1v) is 5.68.